The van der Waals surface area contributed by atoms with Crippen molar-refractivity contribution in [3.05, 3.63) is 87.4 Å². The second-order valence-corrected chi connectivity index (χ2v) is 13.0. The van der Waals surface area contributed by atoms with Crippen LogP contribution >= 0.6 is 23.2 Å². The summed E-state index contributed by atoms with van der Waals surface area (Å²) in [5.41, 5.74) is 6.02. The Morgan fingerprint density at radius 3 is 2.33 bits per heavy atom. The maximum Gasteiger partial charge on any atom is 0.238 e. The Morgan fingerprint density at radius 1 is 0.905 bits per heavy atom. The maximum absolute atomic E-state index is 13.4. The molecule has 2 fully saturated rings. The van der Waals surface area contributed by atoms with E-state index in [1.54, 1.807) is 18.2 Å². The molecule has 7 heteroatoms. The first kappa shape index (κ1) is 29.2. The Labute approximate surface area is 259 Å². The molecule has 42 heavy (non-hydrogen) atoms. The molecule has 1 saturated heterocycles. The minimum Gasteiger partial charge on any atom is -0.325 e. The normalized spacial score (nSPS) is 19.5. The molecule has 1 saturated carbocycles. The number of rotatable bonds is 5. The van der Waals surface area contributed by atoms with Crippen molar-refractivity contribution in [3.63, 3.8) is 0 Å². The zero-order valence-electron chi connectivity index (χ0n) is 24.0. The first-order valence-electron chi connectivity index (χ1n) is 15.3. The zero-order chi connectivity index (χ0) is 29.1. The quantitative estimate of drug-likeness (QED) is 0.301. The van der Waals surface area contributed by atoms with Gasteiger partial charge in [-0.25, -0.2) is 0 Å². The monoisotopic (exact) mass is 600 g/mol. The SMILES string of the molecule is N#Cc1cccc(-c2ccc3c(c2)CCN(CC(=O)Nc2cc(Cl)cc(Cl)c2)C32CCN(C3CCCCCC3)CC2)c1. The number of nitrogens with zero attached hydrogens (tertiary/aromatic N) is 3. The second-order valence-electron chi connectivity index (χ2n) is 12.2. The summed E-state index contributed by atoms with van der Waals surface area (Å²) in [6.45, 7) is 3.25. The fraction of sp³-hybridized carbons (Fsp3) is 0.429. The van der Waals surface area contributed by atoms with Gasteiger partial charge in [0, 0.05) is 46.9 Å². The van der Waals surface area contributed by atoms with Crippen LogP contribution in [0, 0.1) is 11.3 Å². The van der Waals surface area contributed by atoms with Crippen LogP contribution in [0.3, 0.4) is 0 Å². The van der Waals surface area contributed by atoms with Crippen LogP contribution in [0.2, 0.25) is 10.0 Å². The molecule has 6 rings (SSSR count). The number of hydrogen-bond donors (Lipinski definition) is 1. The average molecular weight is 602 g/mol. The molecule has 0 atom stereocenters. The Balaban J connectivity index is 1.28. The third kappa shape index (κ3) is 6.24. The van der Waals surface area contributed by atoms with E-state index in [-0.39, 0.29) is 11.4 Å². The highest BCUT2D eigenvalue weighted by atomic mass is 35.5. The first-order valence-corrected chi connectivity index (χ1v) is 16.1. The van der Waals surface area contributed by atoms with Crippen molar-refractivity contribution in [1.82, 2.24) is 9.80 Å². The minimum absolute atomic E-state index is 0.0488. The molecular weight excluding hydrogens is 563 g/mol. The lowest BCUT2D eigenvalue weighted by Crippen LogP contribution is -2.58. The number of carbonyl (C=O) groups excluding carboxylic acids is 1. The average Bonchev–Trinajstić information content (AvgIpc) is 3.28. The van der Waals surface area contributed by atoms with E-state index in [2.05, 4.69) is 45.5 Å². The number of hydrogen-bond acceptors (Lipinski definition) is 4. The molecule has 1 amide bonds. The maximum atomic E-state index is 13.4. The standard InChI is InChI=1S/C35H38Cl2N4O/c36-29-20-30(37)22-31(21-29)39-34(42)24-41-15-12-28-19-27(26-7-5-6-25(18-26)23-38)10-11-33(28)35(41)13-16-40(17-14-35)32-8-3-1-2-4-9-32/h5-7,10-11,18-22,32H,1-4,8-9,12-17,24H2,(H,39,42). The van der Waals surface area contributed by atoms with Crippen molar-refractivity contribution >= 4 is 34.8 Å². The molecule has 5 nitrogen and oxygen atoms in total. The van der Waals surface area contributed by atoms with Gasteiger partial charge in [-0.05, 0) is 84.7 Å². The summed E-state index contributed by atoms with van der Waals surface area (Å²) in [6, 6.07) is 22.7. The Bertz CT molecular complexity index is 1460. The molecule has 1 spiro atoms. The lowest BCUT2D eigenvalue weighted by atomic mass is 9.73. The predicted molar refractivity (Wildman–Crippen MR) is 171 cm³/mol. The third-order valence-corrected chi connectivity index (χ3v) is 10.1. The fourth-order valence-corrected chi connectivity index (χ4v) is 8.07. The van der Waals surface area contributed by atoms with Crippen LogP contribution in [0.1, 0.15) is 68.1 Å². The zero-order valence-corrected chi connectivity index (χ0v) is 25.6. The molecular formula is C35H38Cl2N4O. The topological polar surface area (TPSA) is 59.4 Å². The highest BCUT2D eigenvalue weighted by Crippen LogP contribution is 2.45. The van der Waals surface area contributed by atoms with Gasteiger partial charge < -0.3 is 10.2 Å². The van der Waals surface area contributed by atoms with Gasteiger partial charge in [-0.2, -0.15) is 5.26 Å². The van der Waals surface area contributed by atoms with Crippen molar-refractivity contribution in [2.45, 2.75) is 69.4 Å². The van der Waals surface area contributed by atoms with Crippen LogP contribution in [0.5, 0.6) is 0 Å². The summed E-state index contributed by atoms with van der Waals surface area (Å²) < 4.78 is 0. The number of nitriles is 1. The van der Waals surface area contributed by atoms with E-state index in [0.29, 0.717) is 33.9 Å². The number of piperidine rings is 1. The molecule has 0 unspecified atom stereocenters. The van der Waals surface area contributed by atoms with Gasteiger partial charge in [0.25, 0.3) is 0 Å². The van der Waals surface area contributed by atoms with Gasteiger partial charge in [-0.1, -0.05) is 79.2 Å². The molecule has 2 aliphatic heterocycles. The van der Waals surface area contributed by atoms with Crippen LogP contribution in [0.4, 0.5) is 5.69 Å². The smallest absolute Gasteiger partial charge is 0.238 e. The van der Waals surface area contributed by atoms with Gasteiger partial charge >= 0.3 is 0 Å². The van der Waals surface area contributed by atoms with Crippen molar-refractivity contribution in [1.29, 1.82) is 5.26 Å². The molecule has 0 bridgehead atoms. The van der Waals surface area contributed by atoms with Gasteiger partial charge in [0.05, 0.1) is 18.2 Å². The van der Waals surface area contributed by atoms with Crippen LogP contribution in [-0.4, -0.2) is 47.9 Å². The number of carbonyl (C=O) groups is 1. The summed E-state index contributed by atoms with van der Waals surface area (Å²) in [6.07, 6.45) is 10.9. The van der Waals surface area contributed by atoms with Crippen molar-refractivity contribution in [3.8, 4) is 17.2 Å². The second kappa shape index (κ2) is 12.8. The summed E-state index contributed by atoms with van der Waals surface area (Å²) >= 11 is 12.4. The summed E-state index contributed by atoms with van der Waals surface area (Å²) in [7, 11) is 0. The fourth-order valence-electron chi connectivity index (χ4n) is 7.54. The number of nitrogens with one attached hydrogen (secondary N) is 1. The van der Waals surface area contributed by atoms with Crippen LogP contribution in [0.25, 0.3) is 11.1 Å². The highest BCUT2D eigenvalue weighted by Gasteiger charge is 2.46. The van der Waals surface area contributed by atoms with Crippen molar-refractivity contribution in [2.24, 2.45) is 0 Å². The molecule has 0 aromatic heterocycles. The van der Waals surface area contributed by atoms with Crippen LogP contribution in [0.15, 0.2) is 60.7 Å². The molecule has 1 aliphatic carbocycles. The molecule has 0 radical (unpaired) electrons. The van der Waals surface area contributed by atoms with E-state index in [4.69, 9.17) is 23.2 Å². The molecule has 1 N–H and O–H groups in total. The Morgan fingerprint density at radius 2 is 1.62 bits per heavy atom. The molecule has 3 aliphatic rings. The number of amides is 1. The molecule has 218 valence electrons. The number of anilines is 1. The molecule has 2 heterocycles. The molecule has 3 aromatic carbocycles. The Hall–Kier alpha value is -2.88. The molecule has 3 aromatic rings. The lowest BCUT2D eigenvalue weighted by Gasteiger charge is -2.53. The first-order chi connectivity index (χ1) is 20.4. The number of benzene rings is 3. The van der Waals surface area contributed by atoms with E-state index in [1.165, 1.54) is 49.7 Å². The van der Waals surface area contributed by atoms with E-state index in [1.807, 2.05) is 18.2 Å². The summed E-state index contributed by atoms with van der Waals surface area (Å²) in [5.74, 6) is -0.0488. The largest absolute Gasteiger partial charge is 0.325 e. The minimum atomic E-state index is -0.189. The van der Waals surface area contributed by atoms with Crippen molar-refractivity contribution in [2.75, 3.05) is 31.5 Å². The number of fused-ring (bicyclic) bond motifs is 2. The van der Waals surface area contributed by atoms with Gasteiger partial charge in [0.1, 0.15) is 0 Å². The van der Waals surface area contributed by atoms with E-state index < -0.39 is 0 Å². The van der Waals surface area contributed by atoms with Gasteiger partial charge in [-0.3, -0.25) is 9.69 Å². The van der Waals surface area contributed by atoms with Crippen LogP contribution < -0.4 is 5.32 Å². The predicted octanol–water partition coefficient (Wildman–Crippen LogP) is 8.04. The third-order valence-electron chi connectivity index (χ3n) is 9.64. The van der Waals surface area contributed by atoms with Crippen LogP contribution in [-0.2, 0) is 16.8 Å². The highest BCUT2D eigenvalue weighted by molar-refractivity contribution is 6.35. The van der Waals surface area contributed by atoms with Gasteiger partial charge in [0.2, 0.25) is 5.91 Å². The Kier molecular flexibility index (Phi) is 8.88. The van der Waals surface area contributed by atoms with Gasteiger partial charge in [-0.15, -0.1) is 0 Å². The van der Waals surface area contributed by atoms with E-state index in [9.17, 15) is 10.1 Å². The van der Waals surface area contributed by atoms with Crippen molar-refractivity contribution < 1.29 is 4.79 Å². The summed E-state index contributed by atoms with van der Waals surface area (Å²) in [4.78, 5) is 18.6. The number of halogens is 2. The number of likely N-dealkylation sites (tertiary alicyclic amines) is 1. The summed E-state index contributed by atoms with van der Waals surface area (Å²) in [5, 5.41) is 13.5. The lowest BCUT2D eigenvalue weighted by molar-refractivity contribution is -0.120. The van der Waals surface area contributed by atoms with E-state index in [0.717, 1.165) is 50.0 Å². The van der Waals surface area contributed by atoms with Gasteiger partial charge in [0.15, 0.2) is 0 Å². The van der Waals surface area contributed by atoms with E-state index >= 15 is 0 Å².